The molecule has 1 nitrogen and oxygen atoms in total. The number of allylic oxidation sites excluding steroid dienone is 3. The Morgan fingerprint density at radius 2 is 2.45 bits per heavy atom. The van der Waals surface area contributed by atoms with Crippen LogP contribution in [-0.4, -0.2) is 6.61 Å². The summed E-state index contributed by atoms with van der Waals surface area (Å²) in [5.41, 5.74) is 0. The highest BCUT2D eigenvalue weighted by Crippen LogP contribution is 2.16. The first-order chi connectivity index (χ1) is 5.33. The standard InChI is InChI=1S/C10H16O/c1-3-7-11-10-6-4-5-9(2)8-10/h4,6,8-9H,3,5,7H2,1-2H3. The van der Waals surface area contributed by atoms with Crippen LogP contribution in [0.4, 0.5) is 0 Å². The van der Waals surface area contributed by atoms with Crippen LogP contribution in [-0.2, 0) is 4.74 Å². The highest BCUT2D eigenvalue weighted by Gasteiger charge is 2.03. The minimum atomic E-state index is 0.645. The molecule has 62 valence electrons. The molecular formula is C10H16O. The lowest BCUT2D eigenvalue weighted by Gasteiger charge is -2.12. The highest BCUT2D eigenvalue weighted by molar-refractivity contribution is 5.17. The van der Waals surface area contributed by atoms with Crippen molar-refractivity contribution in [2.75, 3.05) is 6.61 Å². The Balaban J connectivity index is 2.37. The van der Waals surface area contributed by atoms with Gasteiger partial charge in [-0.25, -0.2) is 0 Å². The van der Waals surface area contributed by atoms with E-state index in [4.69, 9.17) is 4.74 Å². The molecule has 0 aromatic rings. The fourth-order valence-corrected chi connectivity index (χ4v) is 1.12. The molecule has 0 aromatic heterocycles. The van der Waals surface area contributed by atoms with Gasteiger partial charge in [0, 0.05) is 0 Å². The summed E-state index contributed by atoms with van der Waals surface area (Å²) in [5, 5.41) is 0. The molecular weight excluding hydrogens is 136 g/mol. The Hall–Kier alpha value is -0.720. The van der Waals surface area contributed by atoms with E-state index in [2.05, 4.69) is 32.1 Å². The van der Waals surface area contributed by atoms with Gasteiger partial charge in [-0.05, 0) is 30.9 Å². The molecule has 0 aromatic carbocycles. The number of hydrogen-bond acceptors (Lipinski definition) is 1. The Labute approximate surface area is 68.8 Å². The van der Waals surface area contributed by atoms with Crippen molar-refractivity contribution < 1.29 is 4.74 Å². The van der Waals surface area contributed by atoms with Crippen LogP contribution < -0.4 is 0 Å². The molecule has 1 aliphatic carbocycles. The van der Waals surface area contributed by atoms with Crippen molar-refractivity contribution in [2.45, 2.75) is 26.7 Å². The molecule has 0 saturated heterocycles. The monoisotopic (exact) mass is 152 g/mol. The maximum Gasteiger partial charge on any atom is 0.115 e. The van der Waals surface area contributed by atoms with Gasteiger partial charge in [-0.3, -0.25) is 0 Å². The van der Waals surface area contributed by atoms with E-state index in [1.807, 2.05) is 0 Å². The third-order valence-corrected chi connectivity index (χ3v) is 1.71. The van der Waals surface area contributed by atoms with Gasteiger partial charge in [-0.15, -0.1) is 0 Å². The van der Waals surface area contributed by atoms with Gasteiger partial charge in [0.15, 0.2) is 0 Å². The van der Waals surface area contributed by atoms with Gasteiger partial charge in [0.1, 0.15) is 5.76 Å². The lowest BCUT2D eigenvalue weighted by Crippen LogP contribution is -1.99. The van der Waals surface area contributed by atoms with Crippen molar-refractivity contribution in [2.24, 2.45) is 5.92 Å². The SMILES string of the molecule is CCCOC1=CC(C)CC=C1. The minimum Gasteiger partial charge on any atom is -0.494 e. The zero-order valence-electron chi connectivity index (χ0n) is 7.34. The summed E-state index contributed by atoms with van der Waals surface area (Å²) in [7, 11) is 0. The summed E-state index contributed by atoms with van der Waals surface area (Å²) in [5.74, 6) is 1.69. The lowest BCUT2D eigenvalue weighted by molar-refractivity contribution is 0.221. The van der Waals surface area contributed by atoms with Crippen LogP contribution in [0.5, 0.6) is 0 Å². The van der Waals surface area contributed by atoms with Gasteiger partial charge in [-0.2, -0.15) is 0 Å². The van der Waals surface area contributed by atoms with E-state index in [1.54, 1.807) is 0 Å². The largest absolute Gasteiger partial charge is 0.494 e. The van der Waals surface area contributed by atoms with E-state index in [1.165, 1.54) is 0 Å². The molecule has 1 atom stereocenters. The second-order valence-corrected chi connectivity index (χ2v) is 3.03. The second kappa shape index (κ2) is 4.22. The molecule has 1 unspecified atom stereocenters. The van der Waals surface area contributed by atoms with Crippen molar-refractivity contribution in [3.05, 3.63) is 24.0 Å². The van der Waals surface area contributed by atoms with Crippen molar-refractivity contribution >= 4 is 0 Å². The third kappa shape index (κ3) is 2.79. The Morgan fingerprint density at radius 3 is 3.09 bits per heavy atom. The molecule has 0 aliphatic heterocycles. The van der Waals surface area contributed by atoms with Gasteiger partial charge in [-0.1, -0.05) is 19.9 Å². The minimum absolute atomic E-state index is 0.645. The van der Waals surface area contributed by atoms with Crippen LogP contribution in [0.1, 0.15) is 26.7 Å². The number of hydrogen-bond donors (Lipinski definition) is 0. The molecule has 0 fully saturated rings. The maximum absolute atomic E-state index is 5.48. The van der Waals surface area contributed by atoms with Crippen molar-refractivity contribution in [3.8, 4) is 0 Å². The normalized spacial score (nSPS) is 23.1. The molecule has 0 radical (unpaired) electrons. The van der Waals surface area contributed by atoms with Gasteiger partial charge in [0.25, 0.3) is 0 Å². The quantitative estimate of drug-likeness (QED) is 0.604. The fraction of sp³-hybridized carbons (Fsp3) is 0.600. The predicted molar refractivity (Wildman–Crippen MR) is 47.2 cm³/mol. The molecule has 1 rings (SSSR count). The van der Waals surface area contributed by atoms with Crippen LogP contribution >= 0.6 is 0 Å². The zero-order chi connectivity index (χ0) is 8.10. The average Bonchev–Trinajstić information content (AvgIpc) is 2.01. The smallest absolute Gasteiger partial charge is 0.115 e. The third-order valence-electron chi connectivity index (χ3n) is 1.71. The van der Waals surface area contributed by atoms with E-state index in [0.29, 0.717) is 5.92 Å². The van der Waals surface area contributed by atoms with Crippen LogP contribution in [0.2, 0.25) is 0 Å². The van der Waals surface area contributed by atoms with Gasteiger partial charge in [0.2, 0.25) is 0 Å². The van der Waals surface area contributed by atoms with E-state index in [-0.39, 0.29) is 0 Å². The summed E-state index contributed by atoms with van der Waals surface area (Å²) in [4.78, 5) is 0. The van der Waals surface area contributed by atoms with E-state index in [0.717, 1.165) is 25.2 Å². The number of ether oxygens (including phenoxy) is 1. The van der Waals surface area contributed by atoms with Crippen molar-refractivity contribution in [1.82, 2.24) is 0 Å². The van der Waals surface area contributed by atoms with E-state index in [9.17, 15) is 0 Å². The first kappa shape index (κ1) is 8.38. The lowest BCUT2D eigenvalue weighted by atomic mass is 10.0. The first-order valence-electron chi connectivity index (χ1n) is 4.34. The fourth-order valence-electron chi connectivity index (χ4n) is 1.12. The zero-order valence-corrected chi connectivity index (χ0v) is 7.34. The predicted octanol–water partition coefficient (Wildman–Crippen LogP) is 2.89. The van der Waals surface area contributed by atoms with Crippen LogP contribution in [0.15, 0.2) is 24.0 Å². The molecule has 0 spiro atoms. The summed E-state index contributed by atoms with van der Waals surface area (Å²) >= 11 is 0. The molecule has 0 bridgehead atoms. The van der Waals surface area contributed by atoms with Gasteiger partial charge in [0.05, 0.1) is 6.61 Å². The van der Waals surface area contributed by atoms with Crippen molar-refractivity contribution in [3.63, 3.8) is 0 Å². The molecule has 0 amide bonds. The van der Waals surface area contributed by atoms with Crippen LogP contribution in [0.25, 0.3) is 0 Å². The Kier molecular flexibility index (Phi) is 3.21. The number of rotatable bonds is 3. The summed E-state index contributed by atoms with van der Waals surface area (Å²) < 4.78 is 5.48. The summed E-state index contributed by atoms with van der Waals surface area (Å²) in [6.07, 6.45) is 8.67. The van der Waals surface area contributed by atoms with Gasteiger partial charge >= 0.3 is 0 Å². The highest BCUT2D eigenvalue weighted by atomic mass is 16.5. The van der Waals surface area contributed by atoms with E-state index >= 15 is 0 Å². The Morgan fingerprint density at radius 1 is 1.64 bits per heavy atom. The molecule has 0 heterocycles. The first-order valence-corrected chi connectivity index (χ1v) is 4.34. The molecule has 0 saturated carbocycles. The van der Waals surface area contributed by atoms with Crippen LogP contribution in [0.3, 0.4) is 0 Å². The molecule has 1 aliphatic rings. The molecule has 11 heavy (non-hydrogen) atoms. The van der Waals surface area contributed by atoms with Crippen LogP contribution in [0, 0.1) is 5.92 Å². The van der Waals surface area contributed by atoms with Crippen molar-refractivity contribution in [1.29, 1.82) is 0 Å². The average molecular weight is 152 g/mol. The molecule has 1 heteroatoms. The topological polar surface area (TPSA) is 9.23 Å². The Bertz CT molecular complexity index is 168. The summed E-state index contributed by atoms with van der Waals surface area (Å²) in [6, 6.07) is 0. The summed E-state index contributed by atoms with van der Waals surface area (Å²) in [6.45, 7) is 5.16. The second-order valence-electron chi connectivity index (χ2n) is 3.03. The van der Waals surface area contributed by atoms with Gasteiger partial charge < -0.3 is 4.74 Å². The molecule has 0 N–H and O–H groups in total. The van der Waals surface area contributed by atoms with E-state index < -0.39 is 0 Å². The maximum atomic E-state index is 5.48.